The van der Waals surface area contributed by atoms with Gasteiger partial charge in [-0.2, -0.15) is 28.8 Å². The van der Waals surface area contributed by atoms with Gasteiger partial charge in [0, 0.05) is 5.69 Å². The van der Waals surface area contributed by atoms with Crippen LogP contribution in [0.1, 0.15) is 74.9 Å². The predicted octanol–water partition coefficient (Wildman–Crippen LogP) is 11.2. The van der Waals surface area contributed by atoms with Crippen molar-refractivity contribution in [2.45, 2.75) is 90.0 Å². The van der Waals surface area contributed by atoms with Crippen LogP contribution in [0.5, 0.6) is 0 Å². The van der Waals surface area contributed by atoms with Gasteiger partial charge in [-0.25, -0.2) is 0 Å². The van der Waals surface area contributed by atoms with E-state index in [1.807, 2.05) is 0 Å². The van der Waals surface area contributed by atoms with Gasteiger partial charge in [-0.1, -0.05) is 117 Å². The molecule has 1 aliphatic rings. The molecule has 8 bridgehead atoms. The van der Waals surface area contributed by atoms with Crippen molar-refractivity contribution < 1.29 is 22.4 Å². The first kappa shape index (κ1) is 31.9. The first-order chi connectivity index (χ1) is 20.7. The topological polar surface area (TPSA) is 27.0 Å². The molecule has 0 saturated heterocycles. The zero-order valence-electron chi connectivity index (χ0n) is 27.8. The maximum Gasteiger partial charge on any atom is 3.00 e. The van der Waals surface area contributed by atoms with Crippen molar-refractivity contribution in [3.63, 3.8) is 0 Å². The minimum absolute atomic E-state index is 0. The maximum atomic E-state index is 5.47. The average molecular weight is 789 g/mol. The molecule has 6 aromatic rings. The first-order valence-corrected chi connectivity index (χ1v) is 16.3. The van der Waals surface area contributed by atoms with Gasteiger partial charge in [-0.3, -0.25) is 4.98 Å². The molecular weight excluding hydrogens is 749 g/mol. The van der Waals surface area contributed by atoms with E-state index >= 15 is 0 Å². The van der Waals surface area contributed by atoms with Crippen LogP contribution in [-0.4, -0.2) is 4.98 Å². The Morgan fingerprint density at radius 1 is 0.622 bits per heavy atom. The number of aryl methyl sites for hydroxylation is 4. The Hall–Kier alpha value is -3.08. The van der Waals surface area contributed by atoms with Crippen LogP contribution in [0.3, 0.4) is 0 Å². The van der Waals surface area contributed by atoms with Crippen molar-refractivity contribution in [1.29, 1.82) is 0 Å². The number of benzene rings is 4. The van der Waals surface area contributed by atoms with Crippen molar-refractivity contribution in [2.24, 2.45) is 0 Å². The Bertz CT molecular complexity index is 2150. The minimum atomic E-state index is -0.0331. The van der Waals surface area contributed by atoms with E-state index in [2.05, 4.69) is 136 Å². The third-order valence-electron chi connectivity index (χ3n) is 9.09. The molecule has 45 heavy (non-hydrogen) atoms. The summed E-state index contributed by atoms with van der Waals surface area (Å²) in [4.78, 5) is 11.8. The monoisotopic (exact) mass is 788 g/mol. The van der Waals surface area contributed by atoms with Gasteiger partial charge in [0.25, 0.3) is 0 Å². The second-order valence-corrected chi connectivity index (χ2v) is 15.7. The molecule has 0 spiro atoms. The van der Waals surface area contributed by atoms with E-state index in [-0.39, 0.29) is 33.2 Å². The van der Waals surface area contributed by atoms with Crippen molar-refractivity contribution in [3.05, 3.63) is 100 Å². The summed E-state index contributed by atoms with van der Waals surface area (Å²) in [5, 5.41) is 3.38. The van der Waals surface area contributed by atoms with Crippen LogP contribution in [0.2, 0.25) is 0 Å². The van der Waals surface area contributed by atoms with E-state index in [1.54, 1.807) is 11.8 Å². The van der Waals surface area contributed by atoms with E-state index in [1.165, 1.54) is 44.2 Å². The van der Waals surface area contributed by atoms with E-state index in [9.17, 15) is 0 Å². The van der Waals surface area contributed by atoms with Crippen LogP contribution < -0.4 is 4.98 Å². The van der Waals surface area contributed by atoms with Crippen molar-refractivity contribution >= 4 is 33.6 Å². The molecule has 3 heterocycles. The molecule has 0 fully saturated rings. The molecule has 2 aromatic heterocycles. The summed E-state index contributed by atoms with van der Waals surface area (Å²) in [6, 6.07) is 28.1. The third kappa shape index (κ3) is 5.42. The van der Waals surface area contributed by atoms with Gasteiger partial charge in [0.05, 0.1) is 5.03 Å². The normalized spacial score (nSPS) is 12.8. The Morgan fingerprint density at radius 2 is 1.16 bits per heavy atom. The van der Waals surface area contributed by atoms with Gasteiger partial charge in [0.2, 0.25) is 0 Å². The fourth-order valence-electron chi connectivity index (χ4n) is 6.51. The molecule has 0 aliphatic carbocycles. The van der Waals surface area contributed by atoms with Gasteiger partial charge >= 0.3 is 22.4 Å². The summed E-state index contributed by atoms with van der Waals surface area (Å²) in [7, 11) is 0. The summed E-state index contributed by atoms with van der Waals surface area (Å²) in [6.45, 7) is 22.5. The fraction of sp³-hybridized carbons (Fsp3) is 0.293. The third-order valence-corrected chi connectivity index (χ3v) is 10.1. The molecule has 0 N–H and O–H groups in total. The Balaban J connectivity index is 0.00000357. The van der Waals surface area contributed by atoms with Crippen LogP contribution >= 0.6 is 11.8 Å². The molecule has 0 unspecified atom stereocenters. The average Bonchev–Trinajstić information content (AvgIpc) is 3.31. The number of fused-ring (bicyclic) bond motifs is 10. The van der Waals surface area contributed by atoms with Crippen LogP contribution in [0.25, 0.3) is 55.3 Å². The minimum Gasteiger partial charge on any atom is -0.662 e. The Kier molecular flexibility index (Phi) is 7.81. The molecule has 0 amide bonds. The maximum absolute atomic E-state index is 5.47. The quantitative estimate of drug-likeness (QED) is 0.113. The molecule has 4 aromatic carbocycles. The molecule has 1 aliphatic heterocycles. The summed E-state index contributed by atoms with van der Waals surface area (Å²) in [6.07, 6.45) is 0. The van der Waals surface area contributed by atoms with Gasteiger partial charge in [-0.15, -0.1) is 51.0 Å². The van der Waals surface area contributed by atoms with Crippen molar-refractivity contribution in [3.8, 4) is 33.5 Å². The number of nitrogens with zero attached hydrogens (tertiary/aromatic N) is 2. The van der Waals surface area contributed by atoms with E-state index < -0.39 is 0 Å². The summed E-state index contributed by atoms with van der Waals surface area (Å²) >= 11 is 1.71. The molecular formula is C41H39AuN2S. The molecule has 0 atom stereocenters. The Labute approximate surface area is 288 Å². The largest absolute Gasteiger partial charge is 3.00 e. The molecule has 0 radical (unpaired) electrons. The summed E-state index contributed by atoms with van der Waals surface area (Å²) in [5.74, 6) is 0. The zero-order valence-corrected chi connectivity index (χ0v) is 30.8. The molecule has 4 heteroatoms. The van der Waals surface area contributed by atoms with Gasteiger partial charge in [0.15, 0.2) is 0 Å². The first-order valence-electron chi connectivity index (χ1n) is 15.5. The van der Waals surface area contributed by atoms with Crippen molar-refractivity contribution in [2.75, 3.05) is 0 Å². The van der Waals surface area contributed by atoms with Crippen LogP contribution in [0.15, 0.2) is 64.5 Å². The summed E-state index contributed by atoms with van der Waals surface area (Å²) < 4.78 is 0. The number of pyridine rings is 1. The molecule has 2 nitrogen and oxygen atoms in total. The number of hydrogen-bond donors (Lipinski definition) is 0. The van der Waals surface area contributed by atoms with Gasteiger partial charge in [-0.05, 0) is 49.8 Å². The van der Waals surface area contributed by atoms with Gasteiger partial charge in [0.1, 0.15) is 0 Å². The number of rotatable bonds is 0. The van der Waals surface area contributed by atoms with Crippen LogP contribution in [0.4, 0.5) is 0 Å². The zero-order chi connectivity index (χ0) is 31.3. The summed E-state index contributed by atoms with van der Waals surface area (Å²) in [5.41, 5.74) is 15.8. The standard InChI is InChI=1S/C41H39N2S.Au/c1-22-14-24(3)30-20-28(22)29-21-31(25(4)15-23(29)2)35-12-11-13-37(42-35)44-36-19-27(41(8,9)10)18-34-33-17-26(40(5,6)7)16-32(30)38(33)43-39(34)36;/h11-19H,1-10H3;/q-3;+3. The van der Waals surface area contributed by atoms with Crippen LogP contribution in [0, 0.1) is 39.8 Å². The molecule has 230 valence electrons. The molecule has 0 saturated carbocycles. The van der Waals surface area contributed by atoms with E-state index in [0.29, 0.717) is 0 Å². The van der Waals surface area contributed by atoms with Crippen LogP contribution in [-0.2, 0) is 33.2 Å². The smallest absolute Gasteiger partial charge is 0.662 e. The predicted molar refractivity (Wildman–Crippen MR) is 187 cm³/mol. The van der Waals surface area contributed by atoms with Gasteiger partial charge < -0.3 is 4.98 Å². The fourth-order valence-corrected chi connectivity index (χ4v) is 7.46. The van der Waals surface area contributed by atoms with Crippen molar-refractivity contribution in [1.82, 2.24) is 9.97 Å². The second kappa shape index (κ2) is 11.0. The number of aromatic nitrogens is 2. The molecule has 7 rings (SSSR count). The Morgan fingerprint density at radius 3 is 1.78 bits per heavy atom. The second-order valence-electron chi connectivity index (χ2n) is 14.6. The van der Waals surface area contributed by atoms with E-state index in [0.717, 1.165) is 54.5 Å². The SMILES string of the molecule is Cc1cc(C)c2[c-]c1-c1cccc(n1)Sc1cc(C(C)(C)C)cc3c1[n-]c1c(cc(C(C)(C)C)cc13)-c1[c-]c-2c(C)cc1C.[Au+3]. The number of hydrogen-bond acceptors (Lipinski definition) is 2. The van der Waals surface area contributed by atoms with E-state index in [4.69, 9.17) is 9.97 Å².